The summed E-state index contributed by atoms with van der Waals surface area (Å²) >= 11 is 0. The maximum absolute atomic E-state index is 11.9. The number of carbonyl (C=O) groups is 4. The van der Waals surface area contributed by atoms with Gasteiger partial charge in [0.1, 0.15) is 6.54 Å². The van der Waals surface area contributed by atoms with Crippen molar-refractivity contribution in [1.82, 2.24) is 10.2 Å². The Balaban J connectivity index is 1.80. The Morgan fingerprint density at radius 3 is 2.76 bits per heavy atom. The van der Waals surface area contributed by atoms with Gasteiger partial charge in [0, 0.05) is 30.8 Å². The average Bonchev–Trinajstić information content (AvgIpc) is 2.98. The summed E-state index contributed by atoms with van der Waals surface area (Å²) in [5.41, 5.74) is 0.851. The minimum Gasteiger partial charge on any atom is -0.454 e. The molecule has 1 aliphatic rings. The summed E-state index contributed by atoms with van der Waals surface area (Å²) in [5.74, 6) is -1.46. The smallest absolute Gasteiger partial charge is 0.326 e. The van der Waals surface area contributed by atoms with Crippen LogP contribution in [-0.2, 0) is 19.1 Å². The molecule has 1 heterocycles. The minimum atomic E-state index is -0.624. The number of benzene rings is 1. The number of hydrogen-bond acceptors (Lipinski definition) is 5. The molecule has 134 valence electrons. The van der Waals surface area contributed by atoms with E-state index in [4.69, 9.17) is 4.74 Å². The highest BCUT2D eigenvalue weighted by molar-refractivity contribution is 5.97. The van der Waals surface area contributed by atoms with Gasteiger partial charge in [-0.1, -0.05) is 6.07 Å². The third kappa shape index (κ3) is 5.59. The van der Waals surface area contributed by atoms with Crippen LogP contribution in [0.25, 0.3) is 0 Å². The van der Waals surface area contributed by atoms with Gasteiger partial charge in [0.15, 0.2) is 6.61 Å². The number of hydrogen-bond donors (Lipinski definition) is 2. The summed E-state index contributed by atoms with van der Waals surface area (Å²) in [4.78, 5) is 48.1. The van der Waals surface area contributed by atoms with Crippen molar-refractivity contribution in [1.29, 1.82) is 0 Å². The predicted octanol–water partition coefficient (Wildman–Crippen LogP) is 0.540. The molecule has 2 N–H and O–H groups in total. The van der Waals surface area contributed by atoms with E-state index < -0.39 is 18.5 Å². The Morgan fingerprint density at radius 2 is 2.08 bits per heavy atom. The molecular formula is C17H21N3O5. The van der Waals surface area contributed by atoms with Crippen molar-refractivity contribution in [2.24, 2.45) is 0 Å². The molecule has 0 saturated carbocycles. The third-order valence-corrected chi connectivity index (χ3v) is 3.60. The molecule has 0 atom stereocenters. The number of amides is 3. The van der Waals surface area contributed by atoms with Gasteiger partial charge < -0.3 is 20.3 Å². The van der Waals surface area contributed by atoms with Crippen molar-refractivity contribution < 1.29 is 23.9 Å². The van der Waals surface area contributed by atoms with Gasteiger partial charge in [0.25, 0.3) is 11.8 Å². The first-order valence-electron chi connectivity index (χ1n) is 8.11. The van der Waals surface area contributed by atoms with E-state index in [0.717, 1.165) is 6.42 Å². The molecule has 8 heteroatoms. The van der Waals surface area contributed by atoms with E-state index >= 15 is 0 Å². The van der Waals surface area contributed by atoms with Gasteiger partial charge in [-0.15, -0.1) is 0 Å². The molecule has 1 fully saturated rings. The Morgan fingerprint density at radius 1 is 1.28 bits per heavy atom. The molecule has 2 rings (SSSR count). The van der Waals surface area contributed by atoms with E-state index in [0.29, 0.717) is 30.8 Å². The number of carbonyl (C=O) groups excluding carboxylic acids is 4. The van der Waals surface area contributed by atoms with Crippen LogP contribution in [0.15, 0.2) is 24.3 Å². The summed E-state index contributed by atoms with van der Waals surface area (Å²) in [6.07, 6.45) is 1.17. The molecule has 0 unspecified atom stereocenters. The van der Waals surface area contributed by atoms with Crippen molar-refractivity contribution in [2.45, 2.75) is 19.8 Å². The molecule has 0 spiro atoms. The zero-order valence-electron chi connectivity index (χ0n) is 14.0. The van der Waals surface area contributed by atoms with E-state index in [2.05, 4.69) is 10.6 Å². The summed E-state index contributed by atoms with van der Waals surface area (Å²) < 4.78 is 4.88. The molecule has 1 aliphatic heterocycles. The van der Waals surface area contributed by atoms with Crippen molar-refractivity contribution in [3.8, 4) is 0 Å². The highest BCUT2D eigenvalue weighted by Crippen LogP contribution is 2.11. The Hall–Kier alpha value is -2.90. The van der Waals surface area contributed by atoms with Gasteiger partial charge in [0.2, 0.25) is 5.91 Å². The second kappa shape index (κ2) is 8.81. The lowest BCUT2D eigenvalue weighted by Gasteiger charge is -2.14. The first-order chi connectivity index (χ1) is 12.0. The van der Waals surface area contributed by atoms with Crippen LogP contribution >= 0.6 is 0 Å². The summed E-state index contributed by atoms with van der Waals surface area (Å²) in [7, 11) is 0. The van der Waals surface area contributed by atoms with E-state index in [-0.39, 0.29) is 18.4 Å². The molecule has 8 nitrogen and oxygen atoms in total. The van der Waals surface area contributed by atoms with Crippen LogP contribution in [0.2, 0.25) is 0 Å². The van der Waals surface area contributed by atoms with Crippen LogP contribution in [0.5, 0.6) is 0 Å². The second-order valence-corrected chi connectivity index (χ2v) is 5.57. The number of rotatable bonds is 7. The maximum Gasteiger partial charge on any atom is 0.326 e. The van der Waals surface area contributed by atoms with E-state index in [1.165, 1.54) is 11.0 Å². The molecule has 25 heavy (non-hydrogen) atoms. The minimum absolute atomic E-state index is 0.0800. The standard InChI is InChI=1S/C17H21N3O5/c1-2-18-17(24)12-5-3-6-13(9-12)19-14(21)11-25-16(23)10-20-8-4-7-15(20)22/h3,5-6,9H,2,4,7-8,10-11H2,1H3,(H,18,24)(H,19,21). The predicted molar refractivity (Wildman–Crippen MR) is 89.9 cm³/mol. The number of ether oxygens (including phenoxy) is 1. The Labute approximate surface area is 145 Å². The molecule has 3 amide bonds. The van der Waals surface area contributed by atoms with Gasteiger partial charge in [-0.2, -0.15) is 0 Å². The first-order valence-corrected chi connectivity index (χ1v) is 8.11. The van der Waals surface area contributed by atoms with Crippen LogP contribution in [0.4, 0.5) is 5.69 Å². The number of likely N-dealkylation sites (tertiary alicyclic amines) is 1. The quantitative estimate of drug-likeness (QED) is 0.701. The first kappa shape index (κ1) is 18.4. The van der Waals surface area contributed by atoms with Crippen molar-refractivity contribution >= 4 is 29.4 Å². The zero-order valence-corrected chi connectivity index (χ0v) is 14.0. The summed E-state index contributed by atoms with van der Waals surface area (Å²) in [5, 5.41) is 5.23. The normalized spacial score (nSPS) is 13.5. The molecule has 1 aromatic rings. The fraction of sp³-hybridized carbons (Fsp3) is 0.412. The van der Waals surface area contributed by atoms with E-state index in [9.17, 15) is 19.2 Å². The largest absolute Gasteiger partial charge is 0.454 e. The molecule has 0 radical (unpaired) electrons. The van der Waals surface area contributed by atoms with Gasteiger partial charge in [-0.25, -0.2) is 0 Å². The fourth-order valence-electron chi connectivity index (χ4n) is 2.42. The third-order valence-electron chi connectivity index (χ3n) is 3.60. The second-order valence-electron chi connectivity index (χ2n) is 5.57. The van der Waals surface area contributed by atoms with Gasteiger partial charge in [0.05, 0.1) is 0 Å². The van der Waals surface area contributed by atoms with Crippen molar-refractivity contribution in [3.63, 3.8) is 0 Å². The highest BCUT2D eigenvalue weighted by atomic mass is 16.5. The average molecular weight is 347 g/mol. The van der Waals surface area contributed by atoms with Crippen molar-refractivity contribution in [2.75, 3.05) is 31.6 Å². The zero-order chi connectivity index (χ0) is 18.2. The monoisotopic (exact) mass is 347 g/mol. The number of anilines is 1. The van der Waals surface area contributed by atoms with Crippen LogP contribution in [-0.4, -0.2) is 54.8 Å². The van der Waals surface area contributed by atoms with Gasteiger partial charge in [-0.3, -0.25) is 19.2 Å². The fourth-order valence-corrected chi connectivity index (χ4v) is 2.42. The maximum atomic E-state index is 11.9. The lowest BCUT2D eigenvalue weighted by Crippen LogP contribution is -2.33. The highest BCUT2D eigenvalue weighted by Gasteiger charge is 2.23. The van der Waals surface area contributed by atoms with Crippen LogP contribution in [0.3, 0.4) is 0 Å². The molecule has 0 bridgehead atoms. The van der Waals surface area contributed by atoms with Crippen LogP contribution in [0.1, 0.15) is 30.1 Å². The summed E-state index contributed by atoms with van der Waals surface area (Å²) in [6.45, 7) is 2.26. The molecule has 1 saturated heterocycles. The molecular weight excluding hydrogens is 326 g/mol. The number of nitrogens with one attached hydrogen (secondary N) is 2. The van der Waals surface area contributed by atoms with Crippen LogP contribution < -0.4 is 10.6 Å². The topological polar surface area (TPSA) is 105 Å². The van der Waals surface area contributed by atoms with E-state index in [1.54, 1.807) is 18.2 Å². The van der Waals surface area contributed by atoms with E-state index in [1.807, 2.05) is 6.92 Å². The summed E-state index contributed by atoms with van der Waals surface area (Å²) in [6, 6.07) is 6.44. The van der Waals surface area contributed by atoms with Crippen LogP contribution in [0, 0.1) is 0 Å². The Bertz CT molecular complexity index is 674. The van der Waals surface area contributed by atoms with Crippen molar-refractivity contribution in [3.05, 3.63) is 29.8 Å². The lowest BCUT2D eigenvalue weighted by molar-refractivity contribution is -0.150. The Kier molecular flexibility index (Phi) is 6.50. The SMILES string of the molecule is CCNC(=O)c1cccc(NC(=O)COC(=O)CN2CCCC2=O)c1. The molecule has 0 aliphatic carbocycles. The number of esters is 1. The van der Waals surface area contributed by atoms with Gasteiger partial charge in [-0.05, 0) is 31.5 Å². The number of nitrogens with zero attached hydrogens (tertiary/aromatic N) is 1. The van der Waals surface area contributed by atoms with Gasteiger partial charge >= 0.3 is 5.97 Å². The molecule has 1 aromatic carbocycles. The lowest BCUT2D eigenvalue weighted by atomic mass is 10.2. The molecule has 0 aromatic heterocycles.